The topological polar surface area (TPSA) is 108 Å². The van der Waals surface area contributed by atoms with Gasteiger partial charge >= 0.3 is 0 Å². The molecule has 0 fully saturated rings. The predicted molar refractivity (Wildman–Crippen MR) is 124 cm³/mol. The SMILES string of the molecule is COc1ccc(Cc2nc(C(=O)N(Cc3ccccn3)c3ccccc3O)cc(=O)[nH]2)cc1. The zero-order chi connectivity index (χ0) is 23.2. The average Bonchev–Trinajstić information content (AvgIpc) is 2.83. The predicted octanol–water partition coefficient (Wildman–Crippen LogP) is 3.32. The molecule has 2 aromatic heterocycles. The third-order valence-corrected chi connectivity index (χ3v) is 5.00. The molecule has 8 nitrogen and oxygen atoms in total. The number of methoxy groups -OCH3 is 1. The summed E-state index contributed by atoms with van der Waals surface area (Å²) in [5, 5.41) is 10.4. The van der Waals surface area contributed by atoms with Gasteiger partial charge in [0.2, 0.25) is 0 Å². The molecular weight excluding hydrogens is 420 g/mol. The normalized spacial score (nSPS) is 10.6. The summed E-state index contributed by atoms with van der Waals surface area (Å²) in [7, 11) is 1.59. The number of nitrogens with one attached hydrogen (secondary N) is 1. The highest BCUT2D eigenvalue weighted by atomic mass is 16.5. The third-order valence-electron chi connectivity index (χ3n) is 5.00. The van der Waals surface area contributed by atoms with Crippen LogP contribution in [-0.2, 0) is 13.0 Å². The molecule has 0 aliphatic heterocycles. The fourth-order valence-corrected chi connectivity index (χ4v) is 3.39. The smallest absolute Gasteiger partial charge is 0.277 e. The molecule has 0 radical (unpaired) electrons. The Morgan fingerprint density at radius 2 is 1.82 bits per heavy atom. The van der Waals surface area contributed by atoms with Gasteiger partial charge in [0.1, 0.15) is 23.0 Å². The van der Waals surface area contributed by atoms with Gasteiger partial charge in [0.25, 0.3) is 11.5 Å². The Labute approximate surface area is 190 Å². The van der Waals surface area contributed by atoms with Crippen LogP contribution in [0.4, 0.5) is 5.69 Å². The van der Waals surface area contributed by atoms with Crippen LogP contribution in [0.15, 0.2) is 83.8 Å². The van der Waals surface area contributed by atoms with Gasteiger partial charge in [-0.05, 0) is 42.0 Å². The van der Waals surface area contributed by atoms with Crippen LogP contribution in [0.3, 0.4) is 0 Å². The van der Waals surface area contributed by atoms with Crippen molar-refractivity contribution in [2.24, 2.45) is 0 Å². The molecular formula is C25H22N4O4. The van der Waals surface area contributed by atoms with Crippen LogP contribution in [0.5, 0.6) is 11.5 Å². The van der Waals surface area contributed by atoms with E-state index in [1.807, 2.05) is 30.3 Å². The summed E-state index contributed by atoms with van der Waals surface area (Å²) in [6.45, 7) is 0.0968. The number of phenols is 1. The monoisotopic (exact) mass is 442 g/mol. The Kier molecular flexibility index (Phi) is 6.45. The maximum absolute atomic E-state index is 13.5. The van der Waals surface area contributed by atoms with E-state index in [0.717, 1.165) is 17.4 Å². The van der Waals surface area contributed by atoms with E-state index in [1.54, 1.807) is 43.6 Å². The molecule has 1 amide bonds. The Hall–Kier alpha value is -4.46. The maximum atomic E-state index is 13.5. The first-order valence-electron chi connectivity index (χ1n) is 10.3. The van der Waals surface area contributed by atoms with E-state index in [4.69, 9.17) is 4.74 Å². The largest absolute Gasteiger partial charge is 0.506 e. The number of nitrogens with zero attached hydrogens (tertiary/aromatic N) is 3. The molecule has 8 heteroatoms. The van der Waals surface area contributed by atoms with Crippen LogP contribution < -0.4 is 15.2 Å². The lowest BCUT2D eigenvalue weighted by molar-refractivity contribution is 0.0978. The second-order valence-electron chi connectivity index (χ2n) is 7.30. The molecule has 0 unspecified atom stereocenters. The summed E-state index contributed by atoms with van der Waals surface area (Å²) in [4.78, 5) is 38.6. The number of aromatic amines is 1. The quantitative estimate of drug-likeness (QED) is 0.455. The number of benzene rings is 2. The maximum Gasteiger partial charge on any atom is 0.277 e. The molecule has 0 saturated carbocycles. The second-order valence-corrected chi connectivity index (χ2v) is 7.30. The van der Waals surface area contributed by atoms with Crippen molar-refractivity contribution in [2.45, 2.75) is 13.0 Å². The average molecular weight is 442 g/mol. The van der Waals surface area contributed by atoms with Gasteiger partial charge in [0.15, 0.2) is 0 Å². The number of amides is 1. The number of pyridine rings is 1. The van der Waals surface area contributed by atoms with E-state index in [9.17, 15) is 14.7 Å². The number of phenolic OH excluding ortho intramolecular Hbond substituents is 1. The number of carbonyl (C=O) groups is 1. The summed E-state index contributed by atoms with van der Waals surface area (Å²) in [5.74, 6) is 0.484. The zero-order valence-corrected chi connectivity index (χ0v) is 17.9. The lowest BCUT2D eigenvalue weighted by Crippen LogP contribution is -2.33. The van der Waals surface area contributed by atoms with Crippen molar-refractivity contribution in [3.8, 4) is 11.5 Å². The minimum Gasteiger partial charge on any atom is -0.506 e. The van der Waals surface area contributed by atoms with Crippen LogP contribution in [0.25, 0.3) is 0 Å². The first-order chi connectivity index (χ1) is 16.0. The number of carbonyl (C=O) groups excluding carboxylic acids is 1. The molecule has 4 aromatic rings. The lowest BCUT2D eigenvalue weighted by Gasteiger charge is -2.23. The van der Waals surface area contributed by atoms with Gasteiger partial charge in [-0.15, -0.1) is 0 Å². The van der Waals surface area contributed by atoms with Gasteiger partial charge in [0.05, 0.1) is 25.0 Å². The van der Waals surface area contributed by atoms with Crippen molar-refractivity contribution in [1.82, 2.24) is 15.0 Å². The fourth-order valence-electron chi connectivity index (χ4n) is 3.39. The third kappa shape index (κ3) is 5.24. The molecule has 166 valence electrons. The van der Waals surface area contributed by atoms with Crippen LogP contribution in [0, 0.1) is 0 Å². The lowest BCUT2D eigenvalue weighted by atomic mass is 10.1. The van der Waals surface area contributed by atoms with Crippen molar-refractivity contribution in [2.75, 3.05) is 12.0 Å². The number of aromatic hydroxyl groups is 1. The Bertz CT molecular complexity index is 1300. The van der Waals surface area contributed by atoms with Gasteiger partial charge in [-0.2, -0.15) is 0 Å². The van der Waals surface area contributed by atoms with E-state index >= 15 is 0 Å². The van der Waals surface area contributed by atoms with Gasteiger partial charge in [-0.1, -0.05) is 30.3 Å². The molecule has 4 rings (SSSR count). The van der Waals surface area contributed by atoms with Gasteiger partial charge in [-0.3, -0.25) is 19.5 Å². The van der Waals surface area contributed by atoms with E-state index < -0.39 is 11.5 Å². The summed E-state index contributed by atoms with van der Waals surface area (Å²) in [6, 6.07) is 20.4. The van der Waals surface area contributed by atoms with Crippen molar-refractivity contribution in [3.05, 3.63) is 112 Å². The first kappa shape index (κ1) is 21.8. The zero-order valence-electron chi connectivity index (χ0n) is 17.9. The van der Waals surface area contributed by atoms with Gasteiger partial charge in [0, 0.05) is 18.7 Å². The summed E-state index contributed by atoms with van der Waals surface area (Å²) >= 11 is 0. The van der Waals surface area contributed by atoms with Crippen LogP contribution in [0.2, 0.25) is 0 Å². The molecule has 0 atom stereocenters. The van der Waals surface area contributed by atoms with E-state index in [-0.39, 0.29) is 18.0 Å². The van der Waals surface area contributed by atoms with Crippen molar-refractivity contribution in [1.29, 1.82) is 0 Å². The Balaban J connectivity index is 1.68. The van der Waals surface area contributed by atoms with Crippen LogP contribution >= 0.6 is 0 Å². The minimum absolute atomic E-state index is 0.0264. The molecule has 0 saturated heterocycles. The highest BCUT2D eigenvalue weighted by Crippen LogP contribution is 2.28. The highest BCUT2D eigenvalue weighted by Gasteiger charge is 2.23. The van der Waals surface area contributed by atoms with Crippen LogP contribution in [0.1, 0.15) is 27.6 Å². The highest BCUT2D eigenvalue weighted by molar-refractivity contribution is 6.05. The second kappa shape index (κ2) is 9.78. The molecule has 33 heavy (non-hydrogen) atoms. The number of hydrogen-bond acceptors (Lipinski definition) is 6. The molecule has 2 N–H and O–H groups in total. The van der Waals surface area contributed by atoms with E-state index in [0.29, 0.717) is 23.6 Å². The number of para-hydroxylation sites is 2. The van der Waals surface area contributed by atoms with Crippen molar-refractivity contribution in [3.63, 3.8) is 0 Å². The Morgan fingerprint density at radius 3 is 2.52 bits per heavy atom. The fraction of sp³-hybridized carbons (Fsp3) is 0.120. The standard InChI is InChI=1S/C25H22N4O4/c1-33-19-11-9-17(10-12-19)14-23-27-20(15-24(31)28-23)25(32)29(16-18-6-4-5-13-26-18)21-7-2-3-8-22(21)30/h2-13,15,30H,14,16H2,1H3,(H,27,28,31). The number of anilines is 1. The number of aromatic nitrogens is 3. The number of ether oxygens (including phenoxy) is 1. The van der Waals surface area contributed by atoms with Crippen molar-refractivity contribution < 1.29 is 14.6 Å². The van der Waals surface area contributed by atoms with E-state index in [1.165, 1.54) is 11.0 Å². The van der Waals surface area contributed by atoms with Crippen molar-refractivity contribution >= 4 is 11.6 Å². The van der Waals surface area contributed by atoms with E-state index in [2.05, 4.69) is 15.0 Å². The summed E-state index contributed by atoms with van der Waals surface area (Å²) < 4.78 is 5.17. The number of H-pyrrole nitrogens is 1. The van der Waals surface area contributed by atoms with Crippen LogP contribution in [-0.4, -0.2) is 33.1 Å². The molecule has 2 heterocycles. The Morgan fingerprint density at radius 1 is 1.06 bits per heavy atom. The summed E-state index contributed by atoms with van der Waals surface area (Å²) in [5.41, 5.74) is 1.35. The summed E-state index contributed by atoms with van der Waals surface area (Å²) in [6.07, 6.45) is 1.96. The molecule has 2 aromatic carbocycles. The van der Waals surface area contributed by atoms with Gasteiger partial charge < -0.3 is 14.8 Å². The minimum atomic E-state index is -0.524. The number of hydrogen-bond donors (Lipinski definition) is 2. The molecule has 0 bridgehead atoms. The first-order valence-corrected chi connectivity index (χ1v) is 10.3. The van der Waals surface area contributed by atoms with Gasteiger partial charge in [-0.25, -0.2) is 4.98 Å². The molecule has 0 aliphatic carbocycles. The molecule has 0 aliphatic rings. The molecule has 0 spiro atoms. The number of rotatable bonds is 7.